The summed E-state index contributed by atoms with van der Waals surface area (Å²) in [6.07, 6.45) is -7.92. The van der Waals surface area contributed by atoms with Crippen molar-refractivity contribution in [2.75, 3.05) is 0 Å². The van der Waals surface area contributed by atoms with Gasteiger partial charge in [-0.05, 0) is 0 Å². The molecule has 3 nitrogen and oxygen atoms in total. The first kappa shape index (κ1) is 38.7. The number of rotatable bonds is 11. The van der Waals surface area contributed by atoms with Crippen molar-refractivity contribution in [3.05, 3.63) is 65.7 Å². The first-order chi connectivity index (χ1) is 19.3. The van der Waals surface area contributed by atoms with Gasteiger partial charge in [-0.1, -0.05) is 0 Å². The van der Waals surface area contributed by atoms with E-state index in [1.165, 1.54) is 0 Å². The van der Waals surface area contributed by atoms with Gasteiger partial charge in [0.15, 0.2) is 0 Å². The van der Waals surface area contributed by atoms with Crippen molar-refractivity contribution in [2.45, 2.75) is 47.0 Å². The molecule has 0 saturated carbocycles. The zero-order valence-electron chi connectivity index (χ0n) is 19.8. The molecule has 0 saturated heterocycles. The van der Waals surface area contributed by atoms with E-state index in [0.717, 1.165) is 48.5 Å². The van der Waals surface area contributed by atoms with E-state index in [1.54, 1.807) is 0 Å². The van der Waals surface area contributed by atoms with Gasteiger partial charge in [0, 0.05) is 0 Å². The molecule has 0 aliphatic rings. The van der Waals surface area contributed by atoms with E-state index in [0.29, 0.717) is 0 Å². The van der Waals surface area contributed by atoms with E-state index in [2.05, 4.69) is 2.51 Å². The summed E-state index contributed by atoms with van der Waals surface area (Å²) in [5.74, 6) is -52.2. The van der Waals surface area contributed by atoms with E-state index >= 15 is 0 Å². The van der Waals surface area contributed by atoms with Gasteiger partial charge in [-0.3, -0.25) is 0 Å². The molecule has 0 bridgehead atoms. The van der Waals surface area contributed by atoms with Crippen LogP contribution in [0.4, 0.5) is 74.6 Å². The molecule has 0 aromatic heterocycles. The van der Waals surface area contributed by atoms with Gasteiger partial charge in [-0.2, -0.15) is 0 Å². The minimum atomic E-state index is -8.94. The molecule has 0 radical (unpaired) electrons. The van der Waals surface area contributed by atoms with Crippen molar-refractivity contribution in [3.63, 3.8) is 0 Å². The summed E-state index contributed by atoms with van der Waals surface area (Å²) < 4.78 is 258. The van der Waals surface area contributed by atoms with Crippen LogP contribution in [0.25, 0.3) is 0 Å². The Morgan fingerprint density at radius 2 is 0.750 bits per heavy atom. The fourth-order valence-electron chi connectivity index (χ4n) is 2.72. The standard InChI is InChI=1S/C20H8Cl2F17IO3S/c21-9-1-5-11(6-2-9)40(12-7-3-10(22)4-8-12)43-44(41,42)20(38,39)18(33,34)16(29,30)14(25,26)13(23,24)15(27,28)17(31,32)19(35,36)37/h1-8H. The molecular formula is C20H8Cl2F17IO3S. The van der Waals surface area contributed by atoms with Crippen LogP contribution < -0.4 is 0 Å². The Morgan fingerprint density at radius 3 is 1.05 bits per heavy atom. The normalized spacial score (nSPS) is 15.4. The summed E-state index contributed by atoms with van der Waals surface area (Å²) >= 11 is 6.55. The van der Waals surface area contributed by atoms with Crippen LogP contribution in [0.3, 0.4) is 0 Å². The van der Waals surface area contributed by atoms with Gasteiger partial charge in [0.1, 0.15) is 0 Å². The molecular weight excluding hydrogens is 841 g/mol. The molecule has 0 spiro atoms. The van der Waals surface area contributed by atoms with Crippen LogP contribution in [0.15, 0.2) is 48.5 Å². The number of halogens is 20. The number of benzene rings is 2. The molecule has 0 atom stereocenters. The second-order valence-corrected chi connectivity index (χ2v) is 15.5. The number of hydrogen-bond acceptors (Lipinski definition) is 3. The zero-order valence-corrected chi connectivity index (χ0v) is 24.3. The maximum absolute atomic E-state index is 14.6. The van der Waals surface area contributed by atoms with Crippen molar-refractivity contribution in [1.82, 2.24) is 0 Å². The van der Waals surface area contributed by atoms with Gasteiger partial charge < -0.3 is 0 Å². The van der Waals surface area contributed by atoms with Crippen molar-refractivity contribution in [2.24, 2.45) is 0 Å². The van der Waals surface area contributed by atoms with Crippen LogP contribution in [0.1, 0.15) is 0 Å². The molecule has 0 amide bonds. The zero-order chi connectivity index (χ0) is 34.8. The van der Waals surface area contributed by atoms with Crippen molar-refractivity contribution in [3.8, 4) is 0 Å². The molecule has 0 N–H and O–H groups in total. The summed E-state index contributed by atoms with van der Waals surface area (Å²) in [6.45, 7) is 0. The molecule has 0 fully saturated rings. The Balaban J connectivity index is 2.69. The topological polar surface area (TPSA) is 43.4 Å². The van der Waals surface area contributed by atoms with Crippen LogP contribution in [0.2, 0.25) is 10.0 Å². The van der Waals surface area contributed by atoms with Gasteiger partial charge in [-0.25, -0.2) is 0 Å². The molecule has 44 heavy (non-hydrogen) atoms. The number of alkyl halides is 17. The average molecular weight is 849 g/mol. The fourth-order valence-corrected chi connectivity index (χ4v) is 9.89. The third kappa shape index (κ3) is 5.89. The quantitative estimate of drug-likeness (QED) is 0.167. The third-order valence-corrected chi connectivity index (χ3v) is 13.0. The summed E-state index contributed by atoms with van der Waals surface area (Å²) in [6, 6.07) is 7.09. The monoisotopic (exact) mass is 848 g/mol. The first-order valence-electron chi connectivity index (χ1n) is 10.2. The van der Waals surface area contributed by atoms with Gasteiger partial charge in [0.2, 0.25) is 0 Å². The Labute approximate surface area is 251 Å². The van der Waals surface area contributed by atoms with Gasteiger partial charge in [0.25, 0.3) is 0 Å². The van der Waals surface area contributed by atoms with Crippen LogP contribution >= 0.6 is 43.4 Å². The van der Waals surface area contributed by atoms with Crippen LogP contribution in [0.5, 0.6) is 0 Å². The van der Waals surface area contributed by atoms with E-state index in [9.17, 15) is 83.1 Å². The van der Waals surface area contributed by atoms with Crippen LogP contribution in [-0.4, -0.2) is 55.4 Å². The molecule has 2 aromatic carbocycles. The molecule has 0 unspecified atom stereocenters. The average Bonchev–Trinajstić information content (AvgIpc) is 2.87. The van der Waals surface area contributed by atoms with E-state index < -0.39 is 84.5 Å². The Kier molecular flexibility index (Phi) is 10.2. The summed E-state index contributed by atoms with van der Waals surface area (Å²) in [7, 11) is -7.76. The van der Waals surface area contributed by atoms with E-state index in [4.69, 9.17) is 23.2 Å². The summed E-state index contributed by atoms with van der Waals surface area (Å²) in [4.78, 5) is 0. The second kappa shape index (κ2) is 11.6. The molecule has 24 heteroatoms. The van der Waals surface area contributed by atoms with Crippen LogP contribution in [-0.2, 0) is 12.6 Å². The van der Waals surface area contributed by atoms with Crippen molar-refractivity contribution >= 4 is 53.6 Å². The van der Waals surface area contributed by atoms with Crippen LogP contribution in [0, 0.1) is 7.14 Å². The fraction of sp³-hybridized carbons (Fsp3) is 0.400. The molecule has 0 aliphatic carbocycles. The Hall–Kier alpha value is -1.53. The van der Waals surface area contributed by atoms with Gasteiger partial charge in [0.05, 0.1) is 0 Å². The molecule has 2 aromatic rings. The Morgan fingerprint density at radius 1 is 0.477 bits per heavy atom. The van der Waals surface area contributed by atoms with Gasteiger partial charge >= 0.3 is 252 Å². The SMILES string of the molecule is O=S(=O)(OI(c1ccc(Cl)cc1)c1ccc(Cl)cc1)C(F)(F)C(F)(F)C(F)(F)C(F)(F)C(F)(F)C(F)(F)C(F)(F)C(F)(F)F. The van der Waals surface area contributed by atoms with E-state index in [1.807, 2.05) is 0 Å². The predicted octanol–water partition coefficient (Wildman–Crippen LogP) is 9.77. The van der Waals surface area contributed by atoms with Crippen molar-refractivity contribution in [1.29, 1.82) is 0 Å². The summed E-state index contributed by atoms with van der Waals surface area (Å²) in [5, 5.41) is -8.02. The third-order valence-electron chi connectivity index (χ3n) is 5.16. The minimum absolute atomic E-state index is 0.115. The molecule has 0 heterocycles. The van der Waals surface area contributed by atoms with Gasteiger partial charge in [-0.15, -0.1) is 0 Å². The molecule has 2 rings (SSSR count). The first-order valence-corrected chi connectivity index (χ1v) is 15.4. The van der Waals surface area contributed by atoms with Crippen molar-refractivity contribution < 1.29 is 85.6 Å². The number of hydrogen-bond donors (Lipinski definition) is 0. The van der Waals surface area contributed by atoms with E-state index in [-0.39, 0.29) is 10.0 Å². The molecule has 252 valence electrons. The summed E-state index contributed by atoms with van der Waals surface area (Å²) in [5.41, 5.74) is 0. The second-order valence-electron chi connectivity index (χ2n) is 8.10. The predicted molar refractivity (Wildman–Crippen MR) is 125 cm³/mol. The molecule has 0 aliphatic heterocycles. The Bertz CT molecular complexity index is 1400. The maximum atomic E-state index is 14.6.